The first-order valence-corrected chi connectivity index (χ1v) is 6.61. The number of hydrogen-bond acceptors (Lipinski definition) is 4. The Balaban J connectivity index is 2.29. The topological polar surface area (TPSA) is 47.6 Å². The van der Waals surface area contributed by atoms with Crippen LogP contribution in [0.5, 0.6) is 0 Å². The van der Waals surface area contributed by atoms with Gasteiger partial charge < -0.3 is 14.8 Å². The van der Waals surface area contributed by atoms with Gasteiger partial charge in [0.2, 0.25) is 0 Å². The van der Waals surface area contributed by atoms with Gasteiger partial charge in [0.1, 0.15) is 0 Å². The average Bonchev–Trinajstić information content (AvgIpc) is 2.71. The van der Waals surface area contributed by atoms with Crippen LogP contribution in [-0.4, -0.2) is 31.3 Å². The lowest BCUT2D eigenvalue weighted by Crippen LogP contribution is -2.52. The van der Waals surface area contributed by atoms with Crippen LogP contribution in [0.15, 0.2) is 28.7 Å². The van der Waals surface area contributed by atoms with E-state index in [0.29, 0.717) is 13.0 Å². The van der Waals surface area contributed by atoms with E-state index in [1.807, 2.05) is 31.2 Å². The highest BCUT2D eigenvalue weighted by molar-refractivity contribution is 9.10. The minimum Gasteiger partial charge on any atom is -0.467 e. The molecule has 2 atom stereocenters. The van der Waals surface area contributed by atoms with Crippen LogP contribution < -0.4 is 5.32 Å². The number of halogens is 1. The molecular weight excluding hydrogens is 298 g/mol. The number of benzene rings is 1. The molecule has 1 aliphatic heterocycles. The van der Waals surface area contributed by atoms with Gasteiger partial charge in [-0.05, 0) is 25.1 Å². The number of anilines is 1. The standard InChI is InChI=1S/C13H16BrNO3/c1-9-13(6-7-18-9,12(16)17-2)15-11-5-3-4-10(14)8-11/h3-5,8-9,15H,6-7H2,1-2H3. The van der Waals surface area contributed by atoms with Crippen molar-refractivity contribution in [1.29, 1.82) is 0 Å². The summed E-state index contributed by atoms with van der Waals surface area (Å²) in [5, 5.41) is 3.27. The zero-order valence-corrected chi connectivity index (χ0v) is 12.0. The summed E-state index contributed by atoms with van der Waals surface area (Å²) in [6, 6.07) is 7.69. The normalized spacial score (nSPS) is 26.9. The molecule has 0 bridgehead atoms. The second-order valence-corrected chi connectivity index (χ2v) is 5.28. The van der Waals surface area contributed by atoms with Gasteiger partial charge in [-0.3, -0.25) is 0 Å². The molecule has 1 heterocycles. The lowest BCUT2D eigenvalue weighted by Gasteiger charge is -2.31. The number of ether oxygens (including phenoxy) is 2. The lowest BCUT2D eigenvalue weighted by atomic mass is 9.91. The van der Waals surface area contributed by atoms with E-state index in [1.54, 1.807) is 0 Å². The molecular formula is C13H16BrNO3. The molecule has 18 heavy (non-hydrogen) atoms. The number of esters is 1. The van der Waals surface area contributed by atoms with Crippen LogP contribution >= 0.6 is 15.9 Å². The molecule has 0 amide bonds. The lowest BCUT2D eigenvalue weighted by molar-refractivity contribution is -0.147. The fraction of sp³-hybridized carbons (Fsp3) is 0.462. The Kier molecular flexibility index (Phi) is 3.92. The van der Waals surface area contributed by atoms with Crippen molar-refractivity contribution in [2.45, 2.75) is 25.0 Å². The number of carbonyl (C=O) groups excluding carboxylic acids is 1. The fourth-order valence-corrected chi connectivity index (χ4v) is 2.63. The monoisotopic (exact) mass is 313 g/mol. The highest BCUT2D eigenvalue weighted by atomic mass is 79.9. The Morgan fingerprint density at radius 2 is 2.39 bits per heavy atom. The molecule has 0 radical (unpaired) electrons. The molecule has 5 heteroatoms. The number of rotatable bonds is 3. The minimum absolute atomic E-state index is 0.219. The maximum absolute atomic E-state index is 12.1. The second kappa shape index (κ2) is 5.28. The van der Waals surface area contributed by atoms with Gasteiger partial charge in [-0.15, -0.1) is 0 Å². The summed E-state index contributed by atoms with van der Waals surface area (Å²) in [4.78, 5) is 12.1. The fourth-order valence-electron chi connectivity index (χ4n) is 2.23. The zero-order chi connectivity index (χ0) is 13.2. The Bertz CT molecular complexity index is 452. The van der Waals surface area contributed by atoms with Crippen LogP contribution in [0.1, 0.15) is 13.3 Å². The maximum atomic E-state index is 12.1. The van der Waals surface area contributed by atoms with Crippen molar-refractivity contribution in [2.24, 2.45) is 0 Å². The predicted octanol–water partition coefficient (Wildman–Crippen LogP) is 2.58. The summed E-state index contributed by atoms with van der Waals surface area (Å²) in [5.41, 5.74) is 0.0716. The largest absolute Gasteiger partial charge is 0.467 e. The average molecular weight is 314 g/mol. The summed E-state index contributed by atoms with van der Waals surface area (Å²) >= 11 is 3.41. The summed E-state index contributed by atoms with van der Waals surface area (Å²) in [5.74, 6) is -0.285. The first-order chi connectivity index (χ1) is 8.58. The van der Waals surface area contributed by atoms with E-state index in [2.05, 4.69) is 21.2 Å². The molecule has 0 aromatic heterocycles. The molecule has 1 aromatic carbocycles. The first kappa shape index (κ1) is 13.4. The Hall–Kier alpha value is -1.07. The van der Waals surface area contributed by atoms with Gasteiger partial charge in [0.25, 0.3) is 0 Å². The van der Waals surface area contributed by atoms with Gasteiger partial charge in [-0.25, -0.2) is 4.79 Å². The molecule has 1 fully saturated rings. The molecule has 1 saturated heterocycles. The summed E-state index contributed by atoms with van der Waals surface area (Å²) < 4.78 is 11.4. The van der Waals surface area contributed by atoms with Gasteiger partial charge in [-0.1, -0.05) is 22.0 Å². The minimum atomic E-state index is -0.796. The number of nitrogens with one attached hydrogen (secondary N) is 1. The second-order valence-electron chi connectivity index (χ2n) is 4.36. The molecule has 2 rings (SSSR count). The summed E-state index contributed by atoms with van der Waals surface area (Å²) in [6.07, 6.45) is 0.386. The van der Waals surface area contributed by atoms with Crippen LogP contribution in [-0.2, 0) is 14.3 Å². The van der Waals surface area contributed by atoms with Crippen molar-refractivity contribution >= 4 is 27.6 Å². The third-order valence-electron chi connectivity index (χ3n) is 3.30. The number of hydrogen-bond donors (Lipinski definition) is 1. The van der Waals surface area contributed by atoms with E-state index in [-0.39, 0.29) is 12.1 Å². The predicted molar refractivity (Wildman–Crippen MR) is 72.5 cm³/mol. The van der Waals surface area contributed by atoms with Crippen molar-refractivity contribution in [2.75, 3.05) is 19.0 Å². The van der Waals surface area contributed by atoms with E-state index in [9.17, 15) is 4.79 Å². The molecule has 98 valence electrons. The van der Waals surface area contributed by atoms with Gasteiger partial charge in [-0.2, -0.15) is 0 Å². The van der Waals surface area contributed by atoms with Crippen LogP contribution in [0, 0.1) is 0 Å². The Labute approximate surface area is 115 Å². The number of carbonyl (C=O) groups is 1. The van der Waals surface area contributed by atoms with Crippen molar-refractivity contribution in [3.63, 3.8) is 0 Å². The third-order valence-corrected chi connectivity index (χ3v) is 3.79. The first-order valence-electron chi connectivity index (χ1n) is 5.82. The molecule has 1 aliphatic rings. The van der Waals surface area contributed by atoms with Crippen LogP contribution in [0.4, 0.5) is 5.69 Å². The molecule has 2 unspecified atom stereocenters. The van der Waals surface area contributed by atoms with E-state index < -0.39 is 5.54 Å². The Morgan fingerprint density at radius 1 is 1.61 bits per heavy atom. The van der Waals surface area contributed by atoms with E-state index in [4.69, 9.17) is 9.47 Å². The summed E-state index contributed by atoms with van der Waals surface area (Å²) in [6.45, 7) is 2.44. The van der Waals surface area contributed by atoms with E-state index in [0.717, 1.165) is 10.2 Å². The van der Waals surface area contributed by atoms with Crippen molar-refractivity contribution < 1.29 is 14.3 Å². The van der Waals surface area contributed by atoms with Gasteiger partial charge >= 0.3 is 5.97 Å². The summed E-state index contributed by atoms with van der Waals surface area (Å²) in [7, 11) is 1.40. The molecule has 1 aromatic rings. The van der Waals surface area contributed by atoms with Gasteiger partial charge in [0.15, 0.2) is 5.54 Å². The third kappa shape index (κ3) is 2.37. The maximum Gasteiger partial charge on any atom is 0.334 e. The quantitative estimate of drug-likeness (QED) is 0.871. The number of methoxy groups -OCH3 is 1. The molecule has 0 spiro atoms. The highest BCUT2D eigenvalue weighted by Crippen LogP contribution is 2.32. The zero-order valence-electron chi connectivity index (χ0n) is 10.4. The van der Waals surface area contributed by atoms with E-state index in [1.165, 1.54) is 7.11 Å². The Morgan fingerprint density at radius 3 is 2.94 bits per heavy atom. The molecule has 4 nitrogen and oxygen atoms in total. The van der Waals surface area contributed by atoms with Crippen molar-refractivity contribution in [3.05, 3.63) is 28.7 Å². The molecule has 0 saturated carbocycles. The smallest absolute Gasteiger partial charge is 0.334 e. The van der Waals surface area contributed by atoms with Gasteiger partial charge in [0.05, 0.1) is 13.2 Å². The van der Waals surface area contributed by atoms with E-state index >= 15 is 0 Å². The van der Waals surface area contributed by atoms with Crippen molar-refractivity contribution in [1.82, 2.24) is 0 Å². The molecule has 0 aliphatic carbocycles. The highest BCUT2D eigenvalue weighted by Gasteiger charge is 2.49. The van der Waals surface area contributed by atoms with Crippen LogP contribution in [0.2, 0.25) is 0 Å². The van der Waals surface area contributed by atoms with Gasteiger partial charge in [0, 0.05) is 23.2 Å². The SMILES string of the molecule is COC(=O)C1(Nc2cccc(Br)c2)CCOC1C. The van der Waals surface area contributed by atoms with Crippen molar-refractivity contribution in [3.8, 4) is 0 Å². The van der Waals surface area contributed by atoms with Crippen LogP contribution in [0.25, 0.3) is 0 Å². The van der Waals surface area contributed by atoms with Crippen LogP contribution in [0.3, 0.4) is 0 Å². The molecule has 1 N–H and O–H groups in total.